The van der Waals surface area contributed by atoms with Crippen LogP contribution in [0.25, 0.3) is 22.3 Å². The topological polar surface area (TPSA) is 138 Å². The Kier molecular flexibility index (Phi) is 8.13. The average molecular weight is 536 g/mol. The first-order chi connectivity index (χ1) is 18.1. The van der Waals surface area contributed by atoms with Crippen LogP contribution in [0.3, 0.4) is 0 Å². The van der Waals surface area contributed by atoms with Crippen LogP contribution in [0.4, 0.5) is 11.4 Å². The first kappa shape index (κ1) is 26.9. The quantitative estimate of drug-likeness (QED) is 0.214. The second-order valence-corrected chi connectivity index (χ2v) is 10.8. The molecule has 198 valence electrons. The van der Waals surface area contributed by atoms with Crippen LogP contribution in [-0.2, 0) is 14.9 Å². The van der Waals surface area contributed by atoms with Gasteiger partial charge in [0.1, 0.15) is 17.4 Å². The van der Waals surface area contributed by atoms with E-state index < -0.39 is 27.8 Å². The molecule has 9 nitrogen and oxygen atoms in total. The Labute approximate surface area is 221 Å². The van der Waals surface area contributed by atoms with Gasteiger partial charge in [-0.3, -0.25) is 14.1 Å². The van der Waals surface area contributed by atoms with Gasteiger partial charge < -0.3 is 20.4 Å². The Morgan fingerprint density at radius 1 is 0.921 bits per heavy atom. The molecule has 2 amide bonds. The van der Waals surface area contributed by atoms with Gasteiger partial charge in [-0.05, 0) is 66.6 Å². The fourth-order valence-electron chi connectivity index (χ4n) is 3.89. The lowest BCUT2D eigenvalue weighted by molar-refractivity contribution is -0.117. The van der Waals surface area contributed by atoms with Crippen molar-refractivity contribution in [3.63, 3.8) is 0 Å². The summed E-state index contributed by atoms with van der Waals surface area (Å²) < 4.78 is 36.2. The summed E-state index contributed by atoms with van der Waals surface area (Å²) >= 11 is 0. The molecule has 0 bridgehead atoms. The van der Waals surface area contributed by atoms with E-state index in [1.54, 1.807) is 24.3 Å². The van der Waals surface area contributed by atoms with Crippen molar-refractivity contribution in [1.29, 1.82) is 0 Å². The average Bonchev–Trinajstić information content (AvgIpc) is 3.31. The predicted molar refractivity (Wildman–Crippen MR) is 148 cm³/mol. The molecule has 0 unspecified atom stereocenters. The van der Waals surface area contributed by atoms with Gasteiger partial charge >= 0.3 is 0 Å². The third kappa shape index (κ3) is 6.99. The molecule has 1 aromatic heterocycles. The third-order valence-corrected chi connectivity index (χ3v) is 6.65. The first-order valence-electron chi connectivity index (χ1n) is 12.1. The highest BCUT2D eigenvalue weighted by Gasteiger charge is 2.22. The van der Waals surface area contributed by atoms with Gasteiger partial charge in [-0.15, -0.1) is 0 Å². The van der Waals surface area contributed by atoms with Gasteiger partial charge in [-0.1, -0.05) is 32.0 Å². The molecule has 4 N–H and O–H groups in total. The van der Waals surface area contributed by atoms with Gasteiger partial charge in [0.25, 0.3) is 16.0 Å². The van der Waals surface area contributed by atoms with Crippen molar-refractivity contribution in [3.05, 3.63) is 84.4 Å². The Morgan fingerprint density at radius 3 is 2.21 bits per heavy atom. The van der Waals surface area contributed by atoms with Gasteiger partial charge in [0.15, 0.2) is 0 Å². The minimum absolute atomic E-state index is 0.0340. The molecule has 1 heterocycles. The zero-order chi connectivity index (χ0) is 27.3. The summed E-state index contributed by atoms with van der Waals surface area (Å²) in [7, 11) is -4.15. The van der Waals surface area contributed by atoms with Gasteiger partial charge in [-0.25, -0.2) is 0 Å². The molecule has 0 aliphatic rings. The molecule has 4 rings (SSSR count). The largest absolute Gasteiger partial charge is 0.456 e. The van der Waals surface area contributed by atoms with Crippen molar-refractivity contribution in [2.45, 2.75) is 19.9 Å². The molecule has 0 spiro atoms. The SMILES string of the molecule is CC(C)[C@H](Nc1ccc(C(=O)NCCS(=O)(=O)O)cc1)C(=O)Nc1ccc(-c2cc3ccccc3o2)cc1. The van der Waals surface area contributed by atoms with Crippen molar-refractivity contribution >= 4 is 44.3 Å². The van der Waals surface area contributed by atoms with E-state index in [0.29, 0.717) is 16.9 Å². The number of anilines is 2. The molecular formula is C28H29N3O6S. The number of nitrogens with one attached hydrogen (secondary N) is 3. The van der Waals surface area contributed by atoms with Crippen LogP contribution in [0.2, 0.25) is 0 Å². The van der Waals surface area contributed by atoms with Gasteiger partial charge in [0.05, 0.1) is 5.75 Å². The minimum atomic E-state index is -4.15. The van der Waals surface area contributed by atoms with Crippen LogP contribution in [0, 0.1) is 5.92 Å². The van der Waals surface area contributed by atoms with Crippen molar-refractivity contribution < 1.29 is 27.0 Å². The summed E-state index contributed by atoms with van der Waals surface area (Å²) in [4.78, 5) is 25.2. The summed E-state index contributed by atoms with van der Waals surface area (Å²) in [5.41, 5.74) is 3.34. The van der Waals surface area contributed by atoms with Gasteiger partial charge in [0.2, 0.25) is 5.91 Å². The Balaban J connectivity index is 1.37. The number of furan rings is 1. The van der Waals surface area contributed by atoms with Gasteiger partial charge in [-0.2, -0.15) is 8.42 Å². The zero-order valence-electron chi connectivity index (χ0n) is 21.0. The molecule has 38 heavy (non-hydrogen) atoms. The summed E-state index contributed by atoms with van der Waals surface area (Å²) in [6.45, 7) is 3.66. The van der Waals surface area contributed by atoms with Crippen molar-refractivity contribution in [1.82, 2.24) is 5.32 Å². The molecule has 0 fully saturated rings. The van der Waals surface area contributed by atoms with Crippen LogP contribution in [0.15, 0.2) is 83.3 Å². The maximum atomic E-state index is 13.1. The molecule has 3 aromatic carbocycles. The maximum absolute atomic E-state index is 13.1. The smallest absolute Gasteiger partial charge is 0.266 e. The molecule has 4 aromatic rings. The molecule has 0 saturated heterocycles. The van der Waals surface area contributed by atoms with Crippen molar-refractivity contribution in [2.75, 3.05) is 22.9 Å². The fourth-order valence-corrected chi connectivity index (χ4v) is 4.25. The molecule has 0 radical (unpaired) electrons. The summed E-state index contributed by atoms with van der Waals surface area (Å²) in [6.07, 6.45) is 0. The highest BCUT2D eigenvalue weighted by atomic mass is 32.2. The second-order valence-electron chi connectivity index (χ2n) is 9.20. The number of hydrogen-bond acceptors (Lipinski definition) is 6. The van der Waals surface area contributed by atoms with E-state index >= 15 is 0 Å². The first-order valence-corrected chi connectivity index (χ1v) is 13.7. The van der Waals surface area contributed by atoms with Crippen LogP contribution >= 0.6 is 0 Å². The number of hydrogen-bond donors (Lipinski definition) is 4. The summed E-state index contributed by atoms with van der Waals surface area (Å²) in [5, 5.41) is 9.61. The molecule has 0 aliphatic heterocycles. The van der Waals surface area contributed by atoms with E-state index in [4.69, 9.17) is 8.97 Å². The van der Waals surface area contributed by atoms with E-state index in [1.807, 2.05) is 68.4 Å². The number of rotatable bonds is 10. The van der Waals surface area contributed by atoms with E-state index in [2.05, 4.69) is 16.0 Å². The monoisotopic (exact) mass is 535 g/mol. The highest BCUT2D eigenvalue weighted by Crippen LogP contribution is 2.28. The van der Waals surface area contributed by atoms with Crippen LogP contribution in [-0.4, -0.2) is 43.1 Å². The third-order valence-electron chi connectivity index (χ3n) is 5.93. The highest BCUT2D eigenvalue weighted by molar-refractivity contribution is 7.85. The lowest BCUT2D eigenvalue weighted by Gasteiger charge is -2.23. The molecule has 1 atom stereocenters. The zero-order valence-corrected chi connectivity index (χ0v) is 21.8. The van der Waals surface area contributed by atoms with Crippen LogP contribution < -0.4 is 16.0 Å². The number of amides is 2. The number of benzene rings is 3. The number of fused-ring (bicyclic) bond motifs is 1. The van der Waals surface area contributed by atoms with Gasteiger partial charge in [0, 0.05) is 34.4 Å². The van der Waals surface area contributed by atoms with E-state index in [-0.39, 0.29) is 18.4 Å². The molecule has 10 heteroatoms. The molecular weight excluding hydrogens is 506 g/mol. The lowest BCUT2D eigenvalue weighted by atomic mass is 10.0. The molecule has 0 saturated carbocycles. The second kappa shape index (κ2) is 11.5. The fraction of sp³-hybridized carbons (Fsp3) is 0.214. The van der Waals surface area contributed by atoms with Crippen LogP contribution in [0.5, 0.6) is 0 Å². The van der Waals surface area contributed by atoms with E-state index in [9.17, 15) is 18.0 Å². The van der Waals surface area contributed by atoms with Crippen LogP contribution in [0.1, 0.15) is 24.2 Å². The Hall–Kier alpha value is -4.15. The Bertz CT molecular complexity index is 1490. The standard InChI is InChI=1S/C28H29N3O6S/c1-18(2)26(30-22-13-9-20(10-14-22)27(32)29-15-16-38(34,35)36)28(33)31-23-11-7-19(8-12-23)25-17-21-5-3-4-6-24(21)37-25/h3-14,17-18,26,30H,15-16H2,1-2H3,(H,29,32)(H,31,33)(H,34,35,36)/t26-/m0/s1. The van der Waals surface area contributed by atoms with E-state index in [1.165, 1.54) is 0 Å². The number of carbonyl (C=O) groups excluding carboxylic acids is 2. The summed E-state index contributed by atoms with van der Waals surface area (Å²) in [5.74, 6) is -0.519. The maximum Gasteiger partial charge on any atom is 0.266 e. The molecule has 0 aliphatic carbocycles. The minimum Gasteiger partial charge on any atom is -0.456 e. The normalized spacial score (nSPS) is 12.3. The van der Waals surface area contributed by atoms with Crippen molar-refractivity contribution in [3.8, 4) is 11.3 Å². The number of para-hydroxylation sites is 1. The Morgan fingerprint density at radius 2 is 1.58 bits per heavy atom. The van der Waals surface area contributed by atoms with Crippen molar-refractivity contribution in [2.24, 2.45) is 5.92 Å². The lowest BCUT2D eigenvalue weighted by Crippen LogP contribution is -2.38. The number of carbonyl (C=O) groups is 2. The predicted octanol–water partition coefficient (Wildman–Crippen LogP) is 4.79. The van der Waals surface area contributed by atoms with E-state index in [0.717, 1.165) is 22.3 Å². The summed E-state index contributed by atoms with van der Waals surface area (Å²) in [6, 6.07) is 23.2.